The monoisotopic (exact) mass is 331 g/mol. The molecule has 4 heteroatoms. The first-order valence-corrected chi connectivity index (χ1v) is 8.91. The summed E-state index contributed by atoms with van der Waals surface area (Å²) in [6, 6.07) is 8.38. The number of piperidine rings is 1. The van der Waals surface area contributed by atoms with Gasteiger partial charge in [0.15, 0.2) is 0 Å². The Kier molecular flexibility index (Phi) is 5.93. The van der Waals surface area contributed by atoms with Gasteiger partial charge in [0.25, 0.3) is 0 Å². The van der Waals surface area contributed by atoms with Crippen molar-refractivity contribution in [3.63, 3.8) is 0 Å². The minimum atomic E-state index is 0.131. The summed E-state index contributed by atoms with van der Waals surface area (Å²) < 4.78 is 17.2. The molecule has 0 aromatic heterocycles. The molecule has 0 N–H and O–H groups in total. The van der Waals surface area contributed by atoms with Crippen molar-refractivity contribution in [2.75, 3.05) is 40.0 Å². The van der Waals surface area contributed by atoms with Crippen LogP contribution in [0, 0.1) is 5.41 Å². The summed E-state index contributed by atoms with van der Waals surface area (Å²) >= 11 is 0. The summed E-state index contributed by atoms with van der Waals surface area (Å²) in [4.78, 5) is 2.55. The van der Waals surface area contributed by atoms with Crippen molar-refractivity contribution in [2.24, 2.45) is 5.41 Å². The zero-order valence-electron chi connectivity index (χ0n) is 14.7. The SMILES string of the molecule is C=CCOCC12CCCOC1CCN(Cc1ccc(OC)cc1)C2. The summed E-state index contributed by atoms with van der Waals surface area (Å²) in [7, 11) is 1.70. The molecule has 1 aromatic carbocycles. The molecule has 2 heterocycles. The number of rotatable bonds is 7. The minimum Gasteiger partial charge on any atom is -0.497 e. The Balaban J connectivity index is 1.65. The molecule has 3 rings (SSSR count). The van der Waals surface area contributed by atoms with Crippen LogP contribution in [0.4, 0.5) is 0 Å². The highest BCUT2D eigenvalue weighted by Gasteiger charge is 2.46. The molecule has 0 amide bonds. The largest absolute Gasteiger partial charge is 0.497 e. The molecule has 132 valence electrons. The van der Waals surface area contributed by atoms with Gasteiger partial charge in [-0.2, -0.15) is 0 Å². The zero-order valence-corrected chi connectivity index (χ0v) is 14.7. The van der Waals surface area contributed by atoms with Crippen LogP contribution in [0.15, 0.2) is 36.9 Å². The molecule has 4 nitrogen and oxygen atoms in total. The van der Waals surface area contributed by atoms with Crippen LogP contribution in [0.1, 0.15) is 24.8 Å². The van der Waals surface area contributed by atoms with Gasteiger partial charge in [0, 0.05) is 31.7 Å². The molecular weight excluding hydrogens is 302 g/mol. The Morgan fingerprint density at radius 1 is 1.38 bits per heavy atom. The lowest BCUT2D eigenvalue weighted by molar-refractivity contribution is -0.152. The van der Waals surface area contributed by atoms with Gasteiger partial charge >= 0.3 is 0 Å². The molecule has 24 heavy (non-hydrogen) atoms. The smallest absolute Gasteiger partial charge is 0.118 e. The van der Waals surface area contributed by atoms with E-state index in [-0.39, 0.29) is 5.41 Å². The van der Waals surface area contributed by atoms with E-state index in [9.17, 15) is 0 Å². The normalized spacial score (nSPS) is 27.5. The van der Waals surface area contributed by atoms with Gasteiger partial charge in [-0.15, -0.1) is 6.58 Å². The quantitative estimate of drug-likeness (QED) is 0.567. The summed E-state index contributed by atoms with van der Waals surface area (Å²) in [5, 5.41) is 0. The van der Waals surface area contributed by atoms with Gasteiger partial charge in [-0.05, 0) is 37.0 Å². The van der Waals surface area contributed by atoms with Gasteiger partial charge < -0.3 is 14.2 Å². The van der Waals surface area contributed by atoms with E-state index in [1.165, 1.54) is 12.0 Å². The van der Waals surface area contributed by atoms with E-state index in [1.54, 1.807) is 7.11 Å². The first-order valence-electron chi connectivity index (χ1n) is 8.91. The van der Waals surface area contributed by atoms with Gasteiger partial charge in [-0.3, -0.25) is 4.90 Å². The van der Waals surface area contributed by atoms with Crippen LogP contribution in [-0.4, -0.2) is 51.0 Å². The Morgan fingerprint density at radius 2 is 2.21 bits per heavy atom. The van der Waals surface area contributed by atoms with Crippen LogP contribution in [0.5, 0.6) is 5.75 Å². The lowest BCUT2D eigenvalue weighted by Gasteiger charge is -2.50. The first-order chi connectivity index (χ1) is 11.8. The van der Waals surface area contributed by atoms with E-state index in [2.05, 4.69) is 23.6 Å². The maximum atomic E-state index is 6.10. The second-order valence-corrected chi connectivity index (χ2v) is 6.98. The fourth-order valence-electron chi connectivity index (χ4n) is 4.06. The minimum absolute atomic E-state index is 0.131. The number of methoxy groups -OCH3 is 1. The highest BCUT2D eigenvalue weighted by molar-refractivity contribution is 5.27. The predicted molar refractivity (Wildman–Crippen MR) is 95.3 cm³/mol. The van der Waals surface area contributed by atoms with Crippen LogP contribution >= 0.6 is 0 Å². The molecule has 0 aliphatic carbocycles. The molecule has 2 saturated heterocycles. The molecular formula is C20H29NO3. The molecule has 0 radical (unpaired) electrons. The number of ether oxygens (including phenoxy) is 3. The molecule has 0 bridgehead atoms. The van der Waals surface area contributed by atoms with Crippen molar-refractivity contribution in [2.45, 2.75) is 31.9 Å². The Morgan fingerprint density at radius 3 is 2.96 bits per heavy atom. The van der Waals surface area contributed by atoms with Crippen molar-refractivity contribution in [1.82, 2.24) is 4.90 Å². The lowest BCUT2D eigenvalue weighted by Crippen LogP contribution is -2.56. The van der Waals surface area contributed by atoms with E-state index in [0.717, 1.165) is 51.4 Å². The highest BCUT2D eigenvalue weighted by atomic mass is 16.5. The van der Waals surface area contributed by atoms with Gasteiger partial charge in [0.2, 0.25) is 0 Å². The highest BCUT2D eigenvalue weighted by Crippen LogP contribution is 2.40. The van der Waals surface area contributed by atoms with Gasteiger partial charge in [0.1, 0.15) is 5.75 Å². The number of hydrogen-bond donors (Lipinski definition) is 0. The average molecular weight is 331 g/mol. The van der Waals surface area contributed by atoms with Crippen molar-refractivity contribution in [3.8, 4) is 5.75 Å². The van der Waals surface area contributed by atoms with E-state index >= 15 is 0 Å². The second kappa shape index (κ2) is 8.15. The van der Waals surface area contributed by atoms with E-state index in [1.807, 2.05) is 18.2 Å². The Hall–Kier alpha value is -1.36. The second-order valence-electron chi connectivity index (χ2n) is 6.98. The summed E-state index contributed by atoms with van der Waals surface area (Å²) in [5.41, 5.74) is 1.46. The third-order valence-electron chi connectivity index (χ3n) is 5.26. The number of nitrogens with zero attached hydrogens (tertiary/aromatic N) is 1. The van der Waals surface area contributed by atoms with E-state index in [0.29, 0.717) is 12.7 Å². The standard InChI is InChI=1S/C20H29NO3/c1-3-12-23-16-20-10-4-13-24-19(20)9-11-21(15-20)14-17-5-7-18(22-2)8-6-17/h3,5-8,19H,1,4,9-16H2,2H3. The number of fused-ring (bicyclic) bond motifs is 1. The van der Waals surface area contributed by atoms with Crippen LogP contribution in [0.25, 0.3) is 0 Å². The number of benzene rings is 1. The lowest BCUT2D eigenvalue weighted by atomic mass is 9.73. The molecule has 2 unspecified atom stereocenters. The summed E-state index contributed by atoms with van der Waals surface area (Å²) in [6.45, 7) is 9.13. The molecule has 0 spiro atoms. The number of likely N-dealkylation sites (tertiary alicyclic amines) is 1. The zero-order chi connectivity index (χ0) is 16.8. The molecule has 1 aromatic rings. The Bertz CT molecular complexity index is 530. The van der Waals surface area contributed by atoms with Gasteiger partial charge in [-0.25, -0.2) is 0 Å². The van der Waals surface area contributed by atoms with Gasteiger partial charge in [-0.1, -0.05) is 18.2 Å². The van der Waals surface area contributed by atoms with Crippen LogP contribution in [0.3, 0.4) is 0 Å². The average Bonchev–Trinajstić information content (AvgIpc) is 2.62. The third kappa shape index (κ3) is 4.00. The van der Waals surface area contributed by atoms with E-state index < -0.39 is 0 Å². The first kappa shape index (κ1) is 17.5. The van der Waals surface area contributed by atoms with Crippen molar-refractivity contribution >= 4 is 0 Å². The maximum absolute atomic E-state index is 6.10. The van der Waals surface area contributed by atoms with Crippen molar-refractivity contribution < 1.29 is 14.2 Å². The maximum Gasteiger partial charge on any atom is 0.118 e. The van der Waals surface area contributed by atoms with Gasteiger partial charge in [0.05, 0.1) is 26.4 Å². The number of hydrogen-bond acceptors (Lipinski definition) is 4. The fourth-order valence-corrected chi connectivity index (χ4v) is 4.06. The fraction of sp³-hybridized carbons (Fsp3) is 0.600. The predicted octanol–water partition coefficient (Wildman–Crippen LogP) is 3.27. The molecule has 2 aliphatic heterocycles. The molecule has 2 atom stereocenters. The summed E-state index contributed by atoms with van der Waals surface area (Å²) in [6.07, 6.45) is 5.57. The van der Waals surface area contributed by atoms with Crippen LogP contribution in [0.2, 0.25) is 0 Å². The van der Waals surface area contributed by atoms with E-state index in [4.69, 9.17) is 14.2 Å². The summed E-state index contributed by atoms with van der Waals surface area (Å²) in [5.74, 6) is 0.910. The van der Waals surface area contributed by atoms with Crippen LogP contribution in [-0.2, 0) is 16.0 Å². The van der Waals surface area contributed by atoms with Crippen molar-refractivity contribution in [3.05, 3.63) is 42.5 Å². The Labute approximate surface area is 145 Å². The third-order valence-corrected chi connectivity index (χ3v) is 5.26. The van der Waals surface area contributed by atoms with Crippen molar-refractivity contribution in [1.29, 1.82) is 0 Å². The molecule has 0 saturated carbocycles. The molecule has 2 aliphatic rings. The topological polar surface area (TPSA) is 30.9 Å². The van der Waals surface area contributed by atoms with Crippen LogP contribution < -0.4 is 4.74 Å². The molecule has 2 fully saturated rings.